The summed E-state index contributed by atoms with van der Waals surface area (Å²) in [7, 11) is 3.19. The molecule has 0 saturated carbocycles. The first-order valence-electron chi connectivity index (χ1n) is 33.0. The molecule has 102 heavy (non-hydrogen) atoms. The van der Waals surface area contributed by atoms with Gasteiger partial charge in [-0.15, -0.1) is 0 Å². The zero-order chi connectivity index (χ0) is 72.4. The first-order valence-corrected chi connectivity index (χ1v) is 35.0. The van der Waals surface area contributed by atoms with E-state index in [1.54, 1.807) is 25.6 Å². The van der Waals surface area contributed by atoms with E-state index in [0.717, 1.165) is 104 Å². The van der Waals surface area contributed by atoms with Crippen molar-refractivity contribution >= 4 is 124 Å². The number of anilines is 4. The van der Waals surface area contributed by atoms with Gasteiger partial charge in [0.05, 0.1) is 84.5 Å². The van der Waals surface area contributed by atoms with Crippen LogP contribution in [0.25, 0.3) is 44.7 Å². The van der Waals surface area contributed by atoms with Gasteiger partial charge in [0.15, 0.2) is 22.6 Å². The van der Waals surface area contributed by atoms with Gasteiger partial charge in [-0.1, -0.05) is 141 Å². The van der Waals surface area contributed by atoms with E-state index in [0.29, 0.717) is 74.6 Å². The largest absolute Gasteiger partial charge is 0.478 e. The molecule has 530 valence electrons. The first kappa shape index (κ1) is 74.9. The summed E-state index contributed by atoms with van der Waals surface area (Å²) in [4.78, 5) is 64.8. The molecule has 28 heteroatoms. The smallest absolute Gasteiger partial charge is 0.327 e. The summed E-state index contributed by atoms with van der Waals surface area (Å²) < 4.78 is 10.3. The molecule has 0 bridgehead atoms. The number of nitrogens with zero attached hydrogens (tertiary/aromatic N) is 16. The summed E-state index contributed by atoms with van der Waals surface area (Å²) in [5.74, 6) is 1.37. The molecular formula is C74H81Br2ClN18O7. The Morgan fingerprint density at radius 2 is 0.833 bits per heavy atom. The van der Waals surface area contributed by atoms with Gasteiger partial charge in [-0.2, -0.15) is 19.9 Å². The van der Waals surface area contributed by atoms with Gasteiger partial charge in [0.25, 0.3) is 0 Å². The molecule has 0 radical (unpaired) electrons. The number of carbonyl (C=O) groups excluding carboxylic acids is 1. The van der Waals surface area contributed by atoms with Crippen LogP contribution in [0.4, 0.5) is 23.5 Å². The van der Waals surface area contributed by atoms with Gasteiger partial charge >= 0.3 is 5.97 Å². The number of β-amino-alcohol motifs (C(OH)–C–C–N with tert-alkyl or cyclic N) is 4. The zero-order valence-electron chi connectivity index (χ0n) is 56.7. The fraction of sp³-hybridized carbons (Fsp3) is 0.270. The first-order chi connectivity index (χ1) is 49.4. The van der Waals surface area contributed by atoms with Crippen LogP contribution in [0.1, 0.15) is 34.7 Å². The second-order valence-corrected chi connectivity index (χ2v) is 26.3. The molecule has 4 saturated heterocycles. The summed E-state index contributed by atoms with van der Waals surface area (Å²) >= 11 is 13.1. The van der Waals surface area contributed by atoms with Crippen LogP contribution >= 0.6 is 43.5 Å². The number of nitrogens with two attached hydrogens (primary N) is 1. The maximum absolute atomic E-state index is 12.0. The number of rotatable bonds is 15. The van der Waals surface area contributed by atoms with E-state index in [1.807, 2.05) is 94.5 Å². The molecule has 12 heterocycles. The molecule has 4 aliphatic heterocycles. The highest BCUT2D eigenvalue weighted by Crippen LogP contribution is 2.32. The molecule has 0 aliphatic carbocycles. The Bertz CT molecular complexity index is 4760. The quantitative estimate of drug-likeness (QED) is 0.0470. The second-order valence-electron chi connectivity index (χ2n) is 24.1. The van der Waals surface area contributed by atoms with Gasteiger partial charge in [0, 0.05) is 93.0 Å². The summed E-state index contributed by atoms with van der Waals surface area (Å²) in [6, 6.07) is 49.0. The monoisotopic (exact) mass is 1530 g/mol. The van der Waals surface area contributed by atoms with Crippen molar-refractivity contribution in [2.45, 2.75) is 63.9 Å². The van der Waals surface area contributed by atoms with E-state index >= 15 is 0 Å². The SMILES string of the molecule is C=CC(=O)N(C)c1cnc2nc(N3CC(O)C3)n(Cc3ccccc3)c2c1.C=CC(=O)O.CCc1cnc2nc(N3CC(O)C3)n(Cc3ccccc3)c2c1.CN.Clc1nc2ncc(Br)cc2n1Cc1ccccc1.OC1CN(c2nc3ncc(Br)cc3n2Cc2ccccc2)C1.OC1CNC1. The van der Waals surface area contributed by atoms with Gasteiger partial charge in [0.2, 0.25) is 29.0 Å². The third-order valence-corrected chi connectivity index (χ3v) is 17.9. The van der Waals surface area contributed by atoms with Crippen molar-refractivity contribution in [3.8, 4) is 0 Å². The predicted octanol–water partition coefficient (Wildman–Crippen LogP) is 9.13. The van der Waals surface area contributed by atoms with E-state index in [2.05, 4.69) is 188 Å². The number of carboxylic acids is 1. The lowest BCUT2D eigenvalue weighted by atomic mass is 10.2. The van der Waals surface area contributed by atoms with Crippen molar-refractivity contribution in [3.05, 3.63) is 238 Å². The number of aliphatic carboxylic acids is 1. The normalized spacial score (nSPS) is 14.0. The highest BCUT2D eigenvalue weighted by Gasteiger charge is 2.32. The number of amides is 1. The van der Waals surface area contributed by atoms with E-state index in [4.69, 9.17) is 26.8 Å². The number of aromatic nitrogens is 12. The molecule has 12 aromatic rings. The van der Waals surface area contributed by atoms with Crippen molar-refractivity contribution in [2.24, 2.45) is 5.73 Å². The third-order valence-electron chi connectivity index (χ3n) is 16.7. The fourth-order valence-electron chi connectivity index (χ4n) is 11.1. The lowest BCUT2D eigenvalue weighted by Gasteiger charge is -2.36. The minimum Gasteiger partial charge on any atom is -0.478 e. The van der Waals surface area contributed by atoms with Gasteiger partial charge < -0.3 is 74.5 Å². The molecule has 25 nitrogen and oxygen atoms in total. The standard InChI is InChI=1S/C20H21N5O2.C18H20N4O.C16H15BrN4O.C13H9BrClN3.C3H7NO.C3H4O2.CH5N/c1-3-18(27)23(2)15-9-17-19(21-10-15)22-20(24-12-16(26)13-24)25(17)11-14-7-5-4-6-8-14;1-2-13-8-16-17(19-9-13)20-18(21-11-15(23)12-21)22(16)10-14-6-4-3-5-7-14;17-12-6-14-15(18-7-12)19-16(20-9-13(22)10-20)21(14)8-11-4-2-1-3-5-11;14-10-6-11-12(16-7-10)17-13(15)18(11)8-9-4-2-1-3-5-9;5-3-1-4-2-3;1-2-3(4)5;1-2/h3-10,16,26H,1,11-13H2,2H3;3-9,15,23H,2,10-12H2,1H3;1-7,13,22H,8-10H2;1-7H,8H2;3-5H,1-2H2;2H,1H2,(H,4,5);2H2,1H3. The van der Waals surface area contributed by atoms with Gasteiger partial charge in [0.1, 0.15) is 0 Å². The van der Waals surface area contributed by atoms with Crippen LogP contribution in [-0.2, 0) is 42.2 Å². The minimum absolute atomic E-state index is 0.0463. The van der Waals surface area contributed by atoms with Crippen molar-refractivity contribution < 1.29 is 35.1 Å². The van der Waals surface area contributed by atoms with Gasteiger partial charge in [-0.05, 0) is 115 Å². The highest BCUT2D eigenvalue weighted by molar-refractivity contribution is 9.10. The number of carboxylic acid groups (broad SMARTS) is 1. The average molecular weight is 1530 g/mol. The zero-order valence-corrected chi connectivity index (χ0v) is 60.6. The summed E-state index contributed by atoms with van der Waals surface area (Å²) in [5.41, 5.74) is 17.8. The average Bonchev–Trinajstić information content (AvgIpc) is 1.63. The number of hydrogen-bond donors (Lipinski definition) is 7. The van der Waals surface area contributed by atoms with Gasteiger partial charge in [-0.25, -0.2) is 24.7 Å². The highest BCUT2D eigenvalue weighted by atomic mass is 79.9. The lowest BCUT2D eigenvalue weighted by Crippen LogP contribution is -2.51. The van der Waals surface area contributed by atoms with E-state index in [-0.39, 0.29) is 30.3 Å². The second kappa shape index (κ2) is 35.7. The summed E-state index contributed by atoms with van der Waals surface area (Å²) in [6.45, 7) is 16.7. The Morgan fingerprint density at radius 1 is 0.510 bits per heavy atom. The Kier molecular flexibility index (Phi) is 26.2. The van der Waals surface area contributed by atoms with Crippen LogP contribution < -0.4 is 30.7 Å². The number of imidazole rings is 4. The molecule has 0 atom stereocenters. The predicted molar refractivity (Wildman–Crippen MR) is 407 cm³/mol. The number of benzene rings is 4. The van der Waals surface area contributed by atoms with Crippen molar-refractivity contribution in [2.75, 3.05) is 86.1 Å². The number of aryl methyl sites for hydroxylation is 1. The number of aliphatic hydroxyl groups excluding tert-OH is 4. The van der Waals surface area contributed by atoms with Crippen LogP contribution in [0.5, 0.6) is 0 Å². The fourth-order valence-corrected chi connectivity index (χ4v) is 12.0. The number of halogens is 3. The van der Waals surface area contributed by atoms with Crippen LogP contribution in [-0.4, -0.2) is 186 Å². The van der Waals surface area contributed by atoms with Crippen molar-refractivity contribution in [1.82, 2.24) is 63.5 Å². The third kappa shape index (κ3) is 19.0. The van der Waals surface area contributed by atoms with E-state index < -0.39 is 5.97 Å². The molecule has 4 fully saturated rings. The molecule has 8 aromatic heterocycles. The lowest BCUT2D eigenvalue weighted by molar-refractivity contribution is -0.131. The van der Waals surface area contributed by atoms with E-state index in [9.17, 15) is 24.9 Å². The van der Waals surface area contributed by atoms with Crippen molar-refractivity contribution in [1.29, 1.82) is 0 Å². The molecule has 16 rings (SSSR count). The molecule has 0 unspecified atom stereocenters. The van der Waals surface area contributed by atoms with Crippen LogP contribution in [0.15, 0.2) is 205 Å². The Balaban J connectivity index is 0.000000140. The number of carbonyl (C=O) groups is 2. The summed E-state index contributed by atoms with van der Waals surface area (Å²) in [6.07, 6.45) is 9.20. The van der Waals surface area contributed by atoms with E-state index in [1.165, 1.54) is 40.3 Å². The van der Waals surface area contributed by atoms with Crippen LogP contribution in [0, 0.1) is 0 Å². The maximum atomic E-state index is 12.0. The van der Waals surface area contributed by atoms with Gasteiger partial charge in [-0.3, -0.25) is 4.79 Å². The molecule has 8 N–H and O–H groups in total. The topological polar surface area (TPSA) is 309 Å². The molecule has 4 aliphatic rings. The Morgan fingerprint density at radius 3 is 1.17 bits per heavy atom. The number of likely N-dealkylation sites (N-methyl/N-ethyl adjacent to an activating group) is 1. The molecule has 4 aromatic carbocycles. The Hall–Kier alpha value is -9.81. The minimum atomic E-state index is -0.981. The summed E-state index contributed by atoms with van der Waals surface area (Å²) in [5, 5.41) is 48.3. The number of fused-ring (bicyclic) bond motifs is 4. The van der Waals surface area contributed by atoms with Crippen LogP contribution in [0.3, 0.4) is 0 Å². The number of hydrogen-bond acceptors (Lipinski definition) is 19. The maximum Gasteiger partial charge on any atom is 0.327 e. The molecule has 1 amide bonds. The molecule has 0 spiro atoms. The molecular weight excluding hydrogens is 1450 g/mol. The van der Waals surface area contributed by atoms with Crippen LogP contribution in [0.2, 0.25) is 5.28 Å². The Labute approximate surface area is 611 Å². The van der Waals surface area contributed by atoms with Crippen molar-refractivity contribution in [3.63, 3.8) is 0 Å². The number of nitrogens with one attached hydrogen (secondary N) is 1. The number of pyridine rings is 4. The number of aliphatic hydroxyl groups is 4.